The Morgan fingerprint density at radius 2 is 2.17 bits per heavy atom. The number of ether oxygens (including phenoxy) is 1. The van der Waals surface area contributed by atoms with Crippen molar-refractivity contribution in [1.29, 1.82) is 0 Å². The molecule has 2 heterocycles. The number of piperazine rings is 1. The first-order valence-corrected chi connectivity index (χ1v) is 6.02. The molecule has 2 bridgehead atoms. The first kappa shape index (κ1) is 11.1. The number of hydrogen-bond acceptors (Lipinski definition) is 3. The van der Waals surface area contributed by atoms with Gasteiger partial charge in [-0.05, 0) is 12.0 Å². The Hall–Kier alpha value is -2.04. The highest BCUT2D eigenvalue weighted by molar-refractivity contribution is 5.89. The molecule has 2 aliphatic heterocycles. The Balaban J connectivity index is 1.58. The van der Waals surface area contributed by atoms with Crippen molar-refractivity contribution in [2.24, 2.45) is 0 Å². The molecular weight excluding hydrogens is 232 g/mol. The minimum Gasteiger partial charge on any atom is -0.445 e. The fourth-order valence-corrected chi connectivity index (χ4v) is 2.49. The average molecular weight is 246 g/mol. The third-order valence-electron chi connectivity index (χ3n) is 3.39. The second kappa shape index (κ2) is 4.33. The Kier molecular flexibility index (Phi) is 2.66. The predicted molar refractivity (Wildman–Crippen MR) is 63.7 cm³/mol. The van der Waals surface area contributed by atoms with Crippen molar-refractivity contribution in [3.63, 3.8) is 0 Å². The quantitative estimate of drug-likeness (QED) is 0.843. The van der Waals surface area contributed by atoms with Gasteiger partial charge >= 0.3 is 6.09 Å². The fourth-order valence-electron chi connectivity index (χ4n) is 2.49. The van der Waals surface area contributed by atoms with Crippen LogP contribution in [0.3, 0.4) is 0 Å². The predicted octanol–water partition coefficient (Wildman–Crippen LogP) is 0.896. The Bertz CT molecular complexity index is 474. The summed E-state index contributed by atoms with van der Waals surface area (Å²) in [5.41, 5.74) is 0.944. The van der Waals surface area contributed by atoms with Crippen LogP contribution in [-0.2, 0) is 16.1 Å². The lowest BCUT2D eigenvalue weighted by Gasteiger charge is -2.25. The molecule has 2 saturated heterocycles. The van der Waals surface area contributed by atoms with Gasteiger partial charge in [0.2, 0.25) is 5.91 Å². The van der Waals surface area contributed by atoms with Crippen LogP contribution < -0.4 is 5.32 Å². The summed E-state index contributed by atoms with van der Waals surface area (Å²) < 4.78 is 5.22. The van der Waals surface area contributed by atoms with Crippen LogP contribution in [0.15, 0.2) is 30.3 Å². The number of nitrogens with one attached hydrogen (secondary N) is 1. The lowest BCUT2D eigenvalue weighted by atomic mass is 10.2. The van der Waals surface area contributed by atoms with Crippen molar-refractivity contribution in [3.05, 3.63) is 35.9 Å². The molecule has 0 radical (unpaired) electrons. The van der Waals surface area contributed by atoms with Gasteiger partial charge in [-0.25, -0.2) is 4.79 Å². The number of benzene rings is 1. The van der Waals surface area contributed by atoms with Crippen molar-refractivity contribution in [3.8, 4) is 0 Å². The number of carbonyl (C=O) groups excluding carboxylic acids is 2. The van der Waals surface area contributed by atoms with Gasteiger partial charge in [-0.3, -0.25) is 9.69 Å². The van der Waals surface area contributed by atoms with Crippen molar-refractivity contribution in [2.75, 3.05) is 6.54 Å². The lowest BCUT2D eigenvalue weighted by Crippen LogP contribution is -2.50. The van der Waals surface area contributed by atoms with Gasteiger partial charge in [-0.1, -0.05) is 30.3 Å². The molecular formula is C13H14N2O3. The summed E-state index contributed by atoms with van der Waals surface area (Å²) in [4.78, 5) is 24.9. The van der Waals surface area contributed by atoms with Crippen molar-refractivity contribution >= 4 is 12.0 Å². The summed E-state index contributed by atoms with van der Waals surface area (Å²) in [7, 11) is 0. The van der Waals surface area contributed by atoms with Crippen LogP contribution in [-0.4, -0.2) is 35.5 Å². The largest absolute Gasteiger partial charge is 0.445 e. The van der Waals surface area contributed by atoms with Crippen molar-refractivity contribution in [2.45, 2.75) is 25.1 Å². The normalized spacial score (nSPS) is 25.1. The number of carbonyl (C=O) groups is 2. The molecule has 1 N–H and O–H groups in total. The Morgan fingerprint density at radius 3 is 2.83 bits per heavy atom. The summed E-state index contributed by atoms with van der Waals surface area (Å²) in [6.07, 6.45) is 0.306. The summed E-state index contributed by atoms with van der Waals surface area (Å²) in [5, 5.41) is 2.82. The average Bonchev–Trinajstić information content (AvgIpc) is 2.96. The van der Waals surface area contributed by atoms with Gasteiger partial charge in [-0.2, -0.15) is 0 Å². The zero-order valence-corrected chi connectivity index (χ0v) is 9.83. The van der Waals surface area contributed by atoms with Gasteiger partial charge in [0.25, 0.3) is 0 Å². The molecule has 5 nitrogen and oxygen atoms in total. The van der Waals surface area contributed by atoms with E-state index in [2.05, 4.69) is 5.32 Å². The molecule has 0 spiro atoms. The highest BCUT2D eigenvalue weighted by Gasteiger charge is 2.46. The highest BCUT2D eigenvalue weighted by Crippen LogP contribution is 2.25. The topological polar surface area (TPSA) is 58.6 Å². The van der Waals surface area contributed by atoms with Crippen LogP contribution in [0.5, 0.6) is 0 Å². The van der Waals surface area contributed by atoms with Gasteiger partial charge in [0.15, 0.2) is 0 Å². The van der Waals surface area contributed by atoms with Crippen LogP contribution >= 0.6 is 0 Å². The first-order chi connectivity index (χ1) is 8.74. The minimum absolute atomic E-state index is 0.0667. The standard InChI is InChI=1S/C13H14N2O3/c16-12-11-6-10(14-12)7-15(11)13(17)18-8-9-4-2-1-3-5-9/h1-5,10-11H,6-8H2,(H,14,16). The molecule has 0 saturated carbocycles. The van der Waals surface area contributed by atoms with Gasteiger partial charge < -0.3 is 10.1 Å². The highest BCUT2D eigenvalue weighted by atomic mass is 16.6. The van der Waals surface area contributed by atoms with Crippen molar-refractivity contribution in [1.82, 2.24) is 10.2 Å². The molecule has 2 amide bonds. The second-order valence-corrected chi connectivity index (χ2v) is 4.65. The third-order valence-corrected chi connectivity index (χ3v) is 3.39. The molecule has 1 aromatic carbocycles. The molecule has 2 atom stereocenters. The lowest BCUT2D eigenvalue weighted by molar-refractivity contribution is -0.124. The second-order valence-electron chi connectivity index (χ2n) is 4.65. The summed E-state index contributed by atoms with van der Waals surface area (Å²) >= 11 is 0. The van der Waals surface area contributed by atoms with E-state index in [0.29, 0.717) is 13.0 Å². The number of fused-ring (bicyclic) bond motifs is 2. The van der Waals surface area contributed by atoms with Gasteiger partial charge in [0.1, 0.15) is 12.6 Å². The van der Waals surface area contributed by atoms with Crippen LogP contribution in [0.2, 0.25) is 0 Å². The van der Waals surface area contributed by atoms with Gasteiger partial charge in [-0.15, -0.1) is 0 Å². The van der Waals surface area contributed by atoms with Gasteiger partial charge in [0.05, 0.1) is 0 Å². The minimum atomic E-state index is -0.402. The SMILES string of the molecule is O=C1NC2CC1N(C(=O)OCc1ccccc1)C2. The van der Waals surface area contributed by atoms with E-state index in [-0.39, 0.29) is 24.6 Å². The molecule has 0 aromatic heterocycles. The van der Waals surface area contributed by atoms with E-state index in [1.807, 2.05) is 30.3 Å². The van der Waals surface area contributed by atoms with E-state index < -0.39 is 6.09 Å². The van der Waals surface area contributed by atoms with E-state index in [1.54, 1.807) is 0 Å². The fraction of sp³-hybridized carbons (Fsp3) is 0.385. The number of rotatable bonds is 2. The zero-order valence-electron chi connectivity index (χ0n) is 9.83. The van der Waals surface area contributed by atoms with E-state index in [1.165, 1.54) is 4.90 Å². The number of likely N-dealkylation sites (tertiary alicyclic amines) is 1. The summed E-state index contributed by atoms with van der Waals surface area (Å²) in [5.74, 6) is -0.0667. The van der Waals surface area contributed by atoms with Crippen LogP contribution in [0.25, 0.3) is 0 Å². The van der Waals surface area contributed by atoms with Gasteiger partial charge in [0, 0.05) is 12.6 Å². The maximum Gasteiger partial charge on any atom is 0.410 e. The molecule has 3 rings (SSSR count). The monoisotopic (exact) mass is 246 g/mol. The number of amides is 2. The maximum absolute atomic E-state index is 11.9. The molecule has 2 fully saturated rings. The maximum atomic E-state index is 11.9. The summed E-state index contributed by atoms with van der Waals surface area (Å²) in [6, 6.07) is 9.27. The smallest absolute Gasteiger partial charge is 0.410 e. The molecule has 2 aliphatic rings. The van der Waals surface area contributed by atoms with Crippen LogP contribution in [0, 0.1) is 0 Å². The van der Waals surface area contributed by atoms with Crippen LogP contribution in [0.1, 0.15) is 12.0 Å². The third kappa shape index (κ3) is 1.92. The molecule has 1 aromatic rings. The molecule has 94 valence electrons. The van der Waals surface area contributed by atoms with Crippen molar-refractivity contribution < 1.29 is 14.3 Å². The van der Waals surface area contributed by atoms with Crippen LogP contribution in [0.4, 0.5) is 4.79 Å². The first-order valence-electron chi connectivity index (χ1n) is 6.02. The molecule has 5 heteroatoms. The number of hydrogen-bond donors (Lipinski definition) is 1. The number of nitrogens with zero attached hydrogens (tertiary/aromatic N) is 1. The molecule has 2 unspecified atom stereocenters. The summed E-state index contributed by atoms with van der Waals surface area (Å²) in [6.45, 7) is 0.805. The molecule has 0 aliphatic carbocycles. The van der Waals surface area contributed by atoms with E-state index in [0.717, 1.165) is 5.56 Å². The van der Waals surface area contributed by atoms with E-state index >= 15 is 0 Å². The Labute approximate surface area is 105 Å². The van der Waals surface area contributed by atoms with E-state index in [9.17, 15) is 9.59 Å². The zero-order chi connectivity index (χ0) is 12.5. The molecule has 18 heavy (non-hydrogen) atoms. The van der Waals surface area contributed by atoms with E-state index in [4.69, 9.17) is 4.74 Å². The Morgan fingerprint density at radius 1 is 1.39 bits per heavy atom.